The van der Waals surface area contributed by atoms with Crippen LogP contribution in [0.5, 0.6) is 5.75 Å². The molecule has 2 atom stereocenters. The molecule has 0 radical (unpaired) electrons. The number of imide groups is 1. The van der Waals surface area contributed by atoms with Crippen LogP contribution >= 0.6 is 0 Å². The molecule has 4 amide bonds. The Kier molecular flexibility index (Phi) is 7.12. The van der Waals surface area contributed by atoms with Crippen LogP contribution in [-0.2, 0) is 17.8 Å². The van der Waals surface area contributed by atoms with Crippen molar-refractivity contribution in [3.63, 3.8) is 0 Å². The molecule has 45 heavy (non-hydrogen) atoms. The zero-order chi connectivity index (χ0) is 31.2. The summed E-state index contributed by atoms with van der Waals surface area (Å²) >= 11 is 0. The van der Waals surface area contributed by atoms with Crippen molar-refractivity contribution in [3.8, 4) is 5.75 Å². The zero-order valence-corrected chi connectivity index (χ0v) is 25.4. The monoisotopic (exact) mass is 598 g/mol. The summed E-state index contributed by atoms with van der Waals surface area (Å²) in [4.78, 5) is 48.7. The van der Waals surface area contributed by atoms with Crippen LogP contribution in [0.1, 0.15) is 64.1 Å². The molecule has 3 heterocycles. The number of anilines is 1. The second kappa shape index (κ2) is 11.3. The van der Waals surface area contributed by atoms with Gasteiger partial charge in [-0.15, -0.1) is 0 Å². The molecule has 2 N–H and O–H groups in total. The summed E-state index contributed by atoms with van der Waals surface area (Å²) in [5.74, 6) is 0.334. The van der Waals surface area contributed by atoms with Gasteiger partial charge in [0.25, 0.3) is 11.8 Å². The van der Waals surface area contributed by atoms with E-state index in [9.17, 15) is 14.4 Å². The smallest absolute Gasteiger partial charge is 0.332 e. The number of fused-ring (bicyclic) bond motifs is 4. The fraction of sp³-hybridized carbons (Fsp3) is 0.216. The van der Waals surface area contributed by atoms with Gasteiger partial charge in [-0.25, -0.2) is 9.69 Å². The van der Waals surface area contributed by atoms with Crippen molar-refractivity contribution in [2.24, 2.45) is 0 Å². The van der Waals surface area contributed by atoms with E-state index in [1.54, 1.807) is 36.3 Å². The van der Waals surface area contributed by atoms with Gasteiger partial charge in [-0.05, 0) is 58.5 Å². The molecule has 0 saturated carbocycles. The third-order valence-electron chi connectivity index (χ3n) is 8.94. The highest BCUT2D eigenvalue weighted by Crippen LogP contribution is 2.45. The Labute approximate surface area is 261 Å². The molecule has 0 aliphatic carbocycles. The molecule has 7 rings (SSSR count). The van der Waals surface area contributed by atoms with E-state index in [-0.39, 0.29) is 29.6 Å². The van der Waals surface area contributed by atoms with Gasteiger partial charge in [0, 0.05) is 29.6 Å². The first-order chi connectivity index (χ1) is 21.9. The second-order valence-electron chi connectivity index (χ2n) is 11.9. The number of urea groups is 1. The lowest BCUT2D eigenvalue weighted by Crippen LogP contribution is -2.44. The Bertz CT molecular complexity index is 1940. The van der Waals surface area contributed by atoms with Crippen LogP contribution in [0.4, 0.5) is 10.5 Å². The lowest BCUT2D eigenvalue weighted by Gasteiger charge is -2.36. The molecule has 1 saturated heterocycles. The normalized spacial score (nSPS) is 17.5. The maximum Gasteiger partial charge on any atom is 0.332 e. The number of aromatic nitrogens is 1. The average molecular weight is 599 g/mol. The topological polar surface area (TPSA) is 94.7 Å². The van der Waals surface area contributed by atoms with E-state index in [0.29, 0.717) is 18.1 Å². The van der Waals surface area contributed by atoms with Crippen LogP contribution in [0.2, 0.25) is 0 Å². The SMILES string of the molecule is COc1cccc(CNC(=O)c2ccccc2N2C(=O)C3Cc4c([nH]c5ccccc45)C(c4ccc(C(C)C)cc4)N3C2=O)c1. The summed E-state index contributed by atoms with van der Waals surface area (Å²) in [6.45, 7) is 4.55. The van der Waals surface area contributed by atoms with Crippen molar-refractivity contribution < 1.29 is 19.1 Å². The molecule has 8 heteroatoms. The molecule has 5 aromatic rings. The molecule has 2 aliphatic heterocycles. The fourth-order valence-electron chi connectivity index (χ4n) is 6.63. The summed E-state index contributed by atoms with van der Waals surface area (Å²) in [6.07, 6.45) is 0.380. The summed E-state index contributed by atoms with van der Waals surface area (Å²) in [5, 5.41) is 3.99. The second-order valence-corrected chi connectivity index (χ2v) is 11.9. The van der Waals surface area contributed by atoms with Crippen molar-refractivity contribution in [2.45, 2.75) is 44.8 Å². The van der Waals surface area contributed by atoms with E-state index in [1.807, 2.05) is 42.5 Å². The molecule has 2 unspecified atom stereocenters. The molecular weight excluding hydrogens is 564 g/mol. The maximum absolute atomic E-state index is 14.4. The molecule has 8 nitrogen and oxygen atoms in total. The quantitative estimate of drug-likeness (QED) is 0.204. The molecule has 4 aromatic carbocycles. The number of benzene rings is 4. The first-order valence-corrected chi connectivity index (χ1v) is 15.2. The molecule has 1 fully saturated rings. The number of carbonyl (C=O) groups excluding carboxylic acids is 3. The predicted molar refractivity (Wildman–Crippen MR) is 173 cm³/mol. The number of carbonyl (C=O) groups is 3. The van der Waals surface area contributed by atoms with Crippen molar-refractivity contribution in [2.75, 3.05) is 12.0 Å². The van der Waals surface area contributed by atoms with E-state index in [1.165, 1.54) is 10.5 Å². The van der Waals surface area contributed by atoms with Crippen molar-refractivity contribution >= 4 is 34.4 Å². The molecule has 2 aliphatic rings. The van der Waals surface area contributed by atoms with Gasteiger partial charge < -0.3 is 15.0 Å². The standard InChI is InChI=1S/C37H34N4O4/c1-22(2)24-15-17-25(18-16-24)34-33-29(27-11-4-6-13-30(27)39-33)20-32-36(43)41(37(44)40(32)34)31-14-7-5-12-28(31)35(42)38-21-23-9-8-10-26(19-23)45-3/h4-19,22,32,34,39H,20-21H2,1-3H3,(H,38,42). The Balaban J connectivity index is 1.26. The van der Waals surface area contributed by atoms with Gasteiger partial charge in [0.05, 0.1) is 18.4 Å². The van der Waals surface area contributed by atoms with Gasteiger partial charge in [-0.1, -0.05) is 80.6 Å². The van der Waals surface area contributed by atoms with E-state index in [0.717, 1.165) is 33.3 Å². The van der Waals surface area contributed by atoms with Crippen LogP contribution in [0.25, 0.3) is 10.9 Å². The fourth-order valence-corrected chi connectivity index (χ4v) is 6.63. The number of H-pyrrole nitrogens is 1. The van der Waals surface area contributed by atoms with Gasteiger partial charge >= 0.3 is 6.03 Å². The molecular formula is C37H34N4O4. The van der Waals surface area contributed by atoms with E-state index in [4.69, 9.17) is 4.74 Å². The first-order valence-electron chi connectivity index (χ1n) is 15.2. The minimum absolute atomic E-state index is 0.253. The van der Waals surface area contributed by atoms with Crippen molar-refractivity contribution in [1.82, 2.24) is 15.2 Å². The Morgan fingerprint density at radius 1 is 0.956 bits per heavy atom. The van der Waals surface area contributed by atoms with Gasteiger partial charge in [0.15, 0.2) is 0 Å². The largest absolute Gasteiger partial charge is 0.497 e. The average Bonchev–Trinajstić information content (AvgIpc) is 3.56. The number of aromatic amines is 1. The van der Waals surface area contributed by atoms with Crippen LogP contribution in [0, 0.1) is 0 Å². The lowest BCUT2D eigenvalue weighted by molar-refractivity contribution is -0.120. The number of ether oxygens (including phenoxy) is 1. The van der Waals surface area contributed by atoms with E-state index in [2.05, 4.69) is 54.5 Å². The third kappa shape index (κ3) is 4.83. The predicted octanol–water partition coefficient (Wildman–Crippen LogP) is 6.71. The number of hydrogen-bond acceptors (Lipinski definition) is 4. The van der Waals surface area contributed by atoms with Crippen molar-refractivity contribution in [1.29, 1.82) is 0 Å². The highest BCUT2D eigenvalue weighted by atomic mass is 16.5. The number of para-hydroxylation sites is 2. The summed E-state index contributed by atoms with van der Waals surface area (Å²) < 4.78 is 5.30. The zero-order valence-electron chi connectivity index (χ0n) is 25.4. The van der Waals surface area contributed by atoms with E-state index >= 15 is 0 Å². The van der Waals surface area contributed by atoms with Crippen LogP contribution < -0.4 is 15.0 Å². The van der Waals surface area contributed by atoms with Crippen LogP contribution in [-0.4, -0.2) is 40.9 Å². The highest BCUT2D eigenvalue weighted by molar-refractivity contribution is 6.24. The third-order valence-corrected chi connectivity index (χ3v) is 8.94. The maximum atomic E-state index is 14.4. The van der Waals surface area contributed by atoms with Gasteiger partial charge in [-0.2, -0.15) is 0 Å². The number of amides is 4. The highest BCUT2D eigenvalue weighted by Gasteiger charge is 2.53. The van der Waals surface area contributed by atoms with Gasteiger partial charge in [0.1, 0.15) is 17.8 Å². The van der Waals surface area contributed by atoms with Crippen LogP contribution in [0.3, 0.4) is 0 Å². The Morgan fingerprint density at radius 3 is 2.49 bits per heavy atom. The van der Waals surface area contributed by atoms with Crippen LogP contribution in [0.15, 0.2) is 97.1 Å². The first kappa shape index (κ1) is 28.4. The number of nitrogens with zero attached hydrogens (tertiary/aromatic N) is 2. The summed E-state index contributed by atoms with van der Waals surface area (Å²) in [7, 11) is 1.59. The van der Waals surface area contributed by atoms with Gasteiger partial charge in [0.2, 0.25) is 0 Å². The number of methoxy groups -OCH3 is 1. The Hall–Kier alpha value is -5.37. The minimum Gasteiger partial charge on any atom is -0.497 e. The van der Waals surface area contributed by atoms with E-state index < -0.39 is 18.1 Å². The number of rotatable bonds is 7. The summed E-state index contributed by atoms with van der Waals surface area (Å²) in [5.41, 5.74) is 6.43. The molecule has 0 bridgehead atoms. The van der Waals surface area contributed by atoms with Crippen molar-refractivity contribution in [3.05, 3.63) is 131 Å². The molecule has 1 aromatic heterocycles. The minimum atomic E-state index is -0.716. The molecule has 0 spiro atoms. The summed E-state index contributed by atoms with van der Waals surface area (Å²) in [6, 6.07) is 28.9. The number of hydrogen-bond donors (Lipinski definition) is 2. The Morgan fingerprint density at radius 2 is 1.71 bits per heavy atom. The van der Waals surface area contributed by atoms with Gasteiger partial charge in [-0.3, -0.25) is 14.5 Å². The number of nitrogens with one attached hydrogen (secondary N) is 2. The lowest BCUT2D eigenvalue weighted by atomic mass is 9.88. The molecule has 226 valence electrons.